The van der Waals surface area contributed by atoms with Crippen LogP contribution in [0.2, 0.25) is 0 Å². The zero-order valence-corrected chi connectivity index (χ0v) is 13.4. The van der Waals surface area contributed by atoms with Gasteiger partial charge in [-0.1, -0.05) is 11.3 Å². The monoisotopic (exact) mass is 338 g/mol. The molecule has 2 rings (SSSR count). The van der Waals surface area contributed by atoms with Crippen molar-refractivity contribution in [1.29, 1.82) is 0 Å². The van der Waals surface area contributed by atoms with Gasteiger partial charge in [0.1, 0.15) is 5.82 Å². The van der Waals surface area contributed by atoms with E-state index < -0.39 is 17.7 Å². The Morgan fingerprint density at radius 1 is 1.35 bits per heavy atom. The molecule has 1 amide bonds. The number of anilines is 1. The molecule has 0 unspecified atom stereocenters. The molecule has 0 aliphatic carbocycles. The van der Waals surface area contributed by atoms with Crippen LogP contribution < -0.4 is 10.2 Å². The van der Waals surface area contributed by atoms with Gasteiger partial charge < -0.3 is 15.0 Å². The molecule has 0 aliphatic rings. The summed E-state index contributed by atoms with van der Waals surface area (Å²) < 4.78 is 15.2. The summed E-state index contributed by atoms with van der Waals surface area (Å²) >= 11 is 1.12. The van der Waals surface area contributed by atoms with Crippen LogP contribution in [-0.2, 0) is 11.3 Å². The van der Waals surface area contributed by atoms with E-state index in [4.69, 9.17) is 5.11 Å². The molecule has 8 heteroatoms. The summed E-state index contributed by atoms with van der Waals surface area (Å²) in [6.07, 6.45) is 0.0110. The van der Waals surface area contributed by atoms with E-state index in [2.05, 4.69) is 5.32 Å². The van der Waals surface area contributed by atoms with Gasteiger partial charge in [0.15, 0.2) is 0 Å². The quantitative estimate of drug-likeness (QED) is 0.876. The molecule has 0 saturated carbocycles. The molecule has 0 fully saturated rings. The maximum atomic E-state index is 13.7. The van der Waals surface area contributed by atoms with E-state index >= 15 is 0 Å². The number of carbonyl (C=O) groups excluding carboxylic acids is 1. The summed E-state index contributed by atoms with van der Waals surface area (Å²) in [7, 11) is 0. The maximum Gasteiger partial charge on any atom is 0.335 e. The number of hydrogen-bond acceptors (Lipinski definition) is 4. The molecule has 0 bridgehead atoms. The number of benzene rings is 1. The Labute approximate surface area is 135 Å². The second kappa shape index (κ2) is 6.74. The lowest BCUT2D eigenvalue weighted by Gasteiger charge is -2.08. The molecule has 122 valence electrons. The van der Waals surface area contributed by atoms with Crippen molar-refractivity contribution in [3.05, 3.63) is 49.8 Å². The third kappa shape index (κ3) is 3.84. The number of rotatable bonds is 5. The van der Waals surface area contributed by atoms with Crippen molar-refractivity contribution in [3.63, 3.8) is 0 Å². The molecule has 0 spiro atoms. The van der Waals surface area contributed by atoms with E-state index in [0.717, 1.165) is 28.0 Å². The van der Waals surface area contributed by atoms with Gasteiger partial charge in [-0.15, -0.1) is 0 Å². The molecular weight excluding hydrogens is 323 g/mol. The Kier molecular flexibility index (Phi) is 4.95. The highest BCUT2D eigenvalue weighted by molar-refractivity contribution is 7.09. The molecule has 6 nitrogen and oxygen atoms in total. The Hall–Kier alpha value is -2.48. The van der Waals surface area contributed by atoms with Crippen LogP contribution in [0.3, 0.4) is 0 Å². The minimum absolute atomic E-state index is 0.0110. The lowest BCUT2D eigenvalue weighted by atomic mass is 10.2. The molecule has 0 saturated heterocycles. The number of aromatic carboxylic acids is 1. The van der Waals surface area contributed by atoms with E-state index in [9.17, 15) is 18.8 Å². The minimum Gasteiger partial charge on any atom is -0.478 e. The van der Waals surface area contributed by atoms with Gasteiger partial charge in [-0.3, -0.25) is 9.59 Å². The lowest BCUT2D eigenvalue weighted by molar-refractivity contribution is -0.116. The third-order valence-electron chi connectivity index (χ3n) is 3.43. The largest absolute Gasteiger partial charge is 0.478 e. The van der Waals surface area contributed by atoms with Crippen molar-refractivity contribution in [2.24, 2.45) is 0 Å². The number of thiazole rings is 1. The lowest BCUT2D eigenvalue weighted by Crippen LogP contribution is -2.20. The first-order valence-electron chi connectivity index (χ1n) is 6.79. The molecule has 0 radical (unpaired) electrons. The summed E-state index contributed by atoms with van der Waals surface area (Å²) in [6, 6.07) is 3.25. The maximum absolute atomic E-state index is 13.7. The molecule has 1 heterocycles. The van der Waals surface area contributed by atoms with Crippen LogP contribution in [0, 0.1) is 19.7 Å². The molecule has 0 aliphatic heterocycles. The van der Waals surface area contributed by atoms with Gasteiger partial charge in [-0.05, 0) is 32.0 Å². The highest BCUT2D eigenvalue weighted by atomic mass is 32.1. The zero-order chi connectivity index (χ0) is 17.1. The molecule has 1 aromatic carbocycles. The Balaban J connectivity index is 2.03. The summed E-state index contributed by atoms with van der Waals surface area (Å²) in [5.74, 6) is -2.52. The van der Waals surface area contributed by atoms with Crippen LogP contribution in [0.25, 0.3) is 0 Å². The smallest absolute Gasteiger partial charge is 0.335 e. The number of carboxylic acid groups (broad SMARTS) is 1. The van der Waals surface area contributed by atoms with Gasteiger partial charge in [-0.2, -0.15) is 0 Å². The van der Waals surface area contributed by atoms with Gasteiger partial charge in [-0.25, -0.2) is 9.18 Å². The van der Waals surface area contributed by atoms with Gasteiger partial charge in [0.25, 0.3) is 0 Å². The molecule has 23 heavy (non-hydrogen) atoms. The minimum atomic E-state index is -1.25. The van der Waals surface area contributed by atoms with Gasteiger partial charge in [0.2, 0.25) is 5.91 Å². The molecule has 1 aromatic heterocycles. The topological polar surface area (TPSA) is 88.4 Å². The number of halogens is 1. The Bertz CT molecular complexity index is 825. The van der Waals surface area contributed by atoms with Crippen molar-refractivity contribution in [2.75, 3.05) is 5.32 Å². The fourth-order valence-corrected chi connectivity index (χ4v) is 2.88. The molecule has 2 aromatic rings. The van der Waals surface area contributed by atoms with E-state index in [1.54, 1.807) is 6.92 Å². The van der Waals surface area contributed by atoms with Crippen molar-refractivity contribution in [2.45, 2.75) is 26.8 Å². The number of carbonyl (C=O) groups is 2. The van der Waals surface area contributed by atoms with Gasteiger partial charge in [0.05, 0.1) is 11.3 Å². The van der Waals surface area contributed by atoms with Crippen molar-refractivity contribution < 1.29 is 19.1 Å². The number of aryl methyl sites for hydroxylation is 1. The second-order valence-corrected chi connectivity index (χ2v) is 6.12. The Morgan fingerprint density at radius 3 is 2.57 bits per heavy atom. The predicted molar refractivity (Wildman–Crippen MR) is 84.7 cm³/mol. The summed E-state index contributed by atoms with van der Waals surface area (Å²) in [5.41, 5.74) is 0.520. The van der Waals surface area contributed by atoms with Crippen LogP contribution in [0.4, 0.5) is 10.1 Å². The summed E-state index contributed by atoms with van der Waals surface area (Å²) in [4.78, 5) is 35.1. The highest BCUT2D eigenvalue weighted by Gasteiger charge is 2.12. The molecular formula is C15H15FN2O4S. The first-order chi connectivity index (χ1) is 10.8. The normalized spacial score (nSPS) is 10.6. The van der Waals surface area contributed by atoms with Crippen molar-refractivity contribution in [1.82, 2.24) is 4.57 Å². The Morgan fingerprint density at radius 2 is 2.04 bits per heavy atom. The van der Waals surface area contributed by atoms with Crippen LogP contribution in [0.15, 0.2) is 23.0 Å². The van der Waals surface area contributed by atoms with E-state index in [1.807, 2.05) is 6.92 Å². The van der Waals surface area contributed by atoms with Crippen LogP contribution in [0.5, 0.6) is 0 Å². The number of aromatic nitrogens is 1. The number of amides is 1. The van der Waals surface area contributed by atoms with Gasteiger partial charge in [0, 0.05) is 23.5 Å². The van der Waals surface area contributed by atoms with E-state index in [0.29, 0.717) is 0 Å². The molecule has 2 N–H and O–H groups in total. The number of carboxylic acids is 1. The van der Waals surface area contributed by atoms with E-state index in [1.165, 1.54) is 16.7 Å². The standard InChI is InChI=1S/C15H15FN2O4S/c1-8-9(2)23-15(22)18(8)6-5-13(19)17-12-4-3-10(14(20)21)7-11(12)16/h3-4,7H,5-6H2,1-2H3,(H,17,19)(H,20,21). The first-order valence-corrected chi connectivity index (χ1v) is 7.60. The fraction of sp³-hybridized carbons (Fsp3) is 0.267. The number of nitrogens with one attached hydrogen (secondary N) is 1. The average molecular weight is 338 g/mol. The molecule has 0 atom stereocenters. The number of nitrogens with zero attached hydrogens (tertiary/aromatic N) is 1. The average Bonchev–Trinajstić information content (AvgIpc) is 2.72. The van der Waals surface area contributed by atoms with Gasteiger partial charge >= 0.3 is 10.8 Å². The predicted octanol–water partition coefficient (Wildman–Crippen LogP) is 2.39. The summed E-state index contributed by atoms with van der Waals surface area (Å²) in [6.45, 7) is 3.84. The number of hydrogen-bond donors (Lipinski definition) is 2. The highest BCUT2D eigenvalue weighted by Crippen LogP contribution is 2.16. The third-order valence-corrected chi connectivity index (χ3v) is 4.42. The van der Waals surface area contributed by atoms with Crippen LogP contribution in [0.1, 0.15) is 27.3 Å². The summed E-state index contributed by atoms with van der Waals surface area (Å²) in [5, 5.41) is 11.1. The zero-order valence-electron chi connectivity index (χ0n) is 12.6. The first kappa shape index (κ1) is 16.9. The van der Waals surface area contributed by atoms with Crippen molar-refractivity contribution >= 4 is 28.9 Å². The van der Waals surface area contributed by atoms with Crippen LogP contribution in [-0.4, -0.2) is 21.6 Å². The fourth-order valence-electron chi connectivity index (χ4n) is 2.02. The van der Waals surface area contributed by atoms with Crippen LogP contribution >= 0.6 is 11.3 Å². The van der Waals surface area contributed by atoms with E-state index in [-0.39, 0.29) is 29.1 Å². The second-order valence-electron chi connectivity index (χ2n) is 4.96. The SMILES string of the molecule is Cc1sc(=O)n(CCC(=O)Nc2ccc(C(=O)O)cc2F)c1C. The van der Waals surface area contributed by atoms with Crippen molar-refractivity contribution in [3.8, 4) is 0 Å².